The monoisotopic (exact) mass is 710 g/mol. The van der Waals surface area contributed by atoms with E-state index in [-0.39, 0.29) is 11.9 Å². The van der Waals surface area contributed by atoms with Crippen LogP contribution in [0.5, 0.6) is 0 Å². The minimum atomic E-state index is -0.935. The number of esters is 1. The van der Waals surface area contributed by atoms with Crippen molar-refractivity contribution >= 4 is 68.8 Å². The van der Waals surface area contributed by atoms with Gasteiger partial charge in [-0.25, -0.2) is 9.59 Å². The molecule has 3 aromatic heterocycles. The number of nitrogens with zero attached hydrogens (tertiary/aromatic N) is 1. The highest BCUT2D eigenvalue weighted by atomic mass is 16.5. The number of piperidine rings is 1. The maximum atomic E-state index is 12.7. The van der Waals surface area contributed by atoms with E-state index in [1.54, 1.807) is 31.3 Å². The molecule has 1 saturated carbocycles. The molecule has 0 radical (unpaired) electrons. The highest BCUT2D eigenvalue weighted by molar-refractivity contribution is 5.97. The Kier molecular flexibility index (Phi) is 12.4. The lowest BCUT2D eigenvalue weighted by molar-refractivity contribution is -0.137. The fourth-order valence-electron chi connectivity index (χ4n) is 7.36. The Morgan fingerprint density at radius 1 is 0.679 bits per heavy atom. The number of aromatic amines is 3. The first kappa shape index (κ1) is 36.7. The Morgan fingerprint density at radius 2 is 1.15 bits per heavy atom. The molecule has 1 amide bonds. The van der Waals surface area contributed by atoms with Gasteiger partial charge in [0.2, 0.25) is 5.91 Å². The Bertz CT molecular complexity index is 2250. The van der Waals surface area contributed by atoms with Gasteiger partial charge >= 0.3 is 11.9 Å². The number of hydrogen-bond acceptors (Lipinski definition) is 4. The summed E-state index contributed by atoms with van der Waals surface area (Å²) in [6.07, 6.45) is 22.9. The number of ether oxygens (including phenoxy) is 1. The number of aliphatic carboxylic acids is 1. The molecule has 2 aliphatic rings. The molecule has 0 spiro atoms. The van der Waals surface area contributed by atoms with E-state index in [4.69, 9.17) is 9.84 Å². The van der Waals surface area contributed by atoms with Crippen LogP contribution >= 0.6 is 0 Å². The fraction of sp³-hybridized carbons (Fsp3) is 0.250. The molecule has 2 atom stereocenters. The van der Waals surface area contributed by atoms with Gasteiger partial charge < -0.3 is 29.7 Å². The summed E-state index contributed by atoms with van der Waals surface area (Å²) in [6.45, 7) is 3.12. The van der Waals surface area contributed by atoms with Crippen LogP contribution in [-0.2, 0) is 19.1 Å². The van der Waals surface area contributed by atoms with E-state index < -0.39 is 5.97 Å². The van der Waals surface area contributed by atoms with E-state index >= 15 is 0 Å². The second-order valence-electron chi connectivity index (χ2n) is 13.2. The third-order valence-electron chi connectivity index (χ3n) is 9.89. The van der Waals surface area contributed by atoms with Gasteiger partial charge in [-0.05, 0) is 86.1 Å². The molecule has 53 heavy (non-hydrogen) atoms. The summed E-state index contributed by atoms with van der Waals surface area (Å²) in [5.74, 6) is -0.321. The third kappa shape index (κ3) is 9.43. The van der Waals surface area contributed by atoms with Gasteiger partial charge in [-0.2, -0.15) is 0 Å². The van der Waals surface area contributed by atoms with E-state index in [2.05, 4.69) is 32.0 Å². The zero-order valence-corrected chi connectivity index (χ0v) is 30.0. The normalized spacial score (nSPS) is 17.1. The summed E-state index contributed by atoms with van der Waals surface area (Å²) in [5, 5.41) is 11.8. The molecular formula is C44H46N4O5. The van der Waals surface area contributed by atoms with Crippen molar-refractivity contribution in [3.8, 4) is 0 Å². The molecule has 8 rings (SSSR count). The number of hydrogen-bond donors (Lipinski definition) is 4. The van der Waals surface area contributed by atoms with Gasteiger partial charge in [0, 0.05) is 87.7 Å². The number of likely N-dealkylation sites (tertiary alicyclic amines) is 1. The minimum absolute atomic E-state index is 0.187. The highest BCUT2D eigenvalue weighted by Gasteiger charge is 2.34. The van der Waals surface area contributed by atoms with E-state index in [0.29, 0.717) is 12.6 Å². The number of carbonyl (C=O) groups is 3. The zero-order valence-electron chi connectivity index (χ0n) is 30.0. The van der Waals surface area contributed by atoms with Crippen LogP contribution in [0, 0.1) is 5.92 Å². The SMILES string of the molecule is CCOC(=O)/C=C/c1c[nH]c2ccccc12.O=C(/C=C/c1c[nH]c2ccccc12)N1CCCC2CCCCC21.O=C(O)/C=C/c1c[nH]c2ccccc12. The predicted octanol–water partition coefficient (Wildman–Crippen LogP) is 9.37. The van der Waals surface area contributed by atoms with Gasteiger partial charge in [-0.15, -0.1) is 0 Å². The molecule has 1 aliphatic carbocycles. The fourth-order valence-corrected chi connectivity index (χ4v) is 7.36. The standard InChI is InChI=1S/C20H24N2O.C13H13NO2.C11H9NO2/c23-20(22-13-5-7-15-6-1-4-10-19(15)22)12-11-16-14-21-18-9-3-2-8-17(16)18;1-2-16-13(15)8-7-10-9-14-12-6-4-3-5-11(10)12;13-11(14)6-5-8-7-12-10-4-2-1-3-9(8)10/h2-3,8-9,11-12,14-15,19,21H,1,4-7,10,13H2;3-9,14H,2H2,1H3;1-7,12H,(H,13,14)/b12-11+;8-7+;6-5+. The van der Waals surface area contributed by atoms with Crippen LogP contribution < -0.4 is 0 Å². The van der Waals surface area contributed by atoms with Crippen molar-refractivity contribution in [3.63, 3.8) is 0 Å². The number of amides is 1. The first-order chi connectivity index (χ1) is 25.9. The van der Waals surface area contributed by atoms with E-state index in [1.807, 2.05) is 79.1 Å². The van der Waals surface area contributed by atoms with E-state index in [0.717, 1.165) is 69.0 Å². The number of para-hydroxylation sites is 3. The molecule has 3 aromatic carbocycles. The number of fused-ring (bicyclic) bond motifs is 4. The molecule has 1 aliphatic heterocycles. The van der Waals surface area contributed by atoms with Gasteiger partial charge in [0.05, 0.1) is 6.61 Å². The number of carbonyl (C=O) groups excluding carboxylic acids is 2. The number of benzene rings is 3. The summed E-state index contributed by atoms with van der Waals surface area (Å²) < 4.78 is 4.82. The first-order valence-corrected chi connectivity index (χ1v) is 18.3. The van der Waals surface area contributed by atoms with E-state index in [9.17, 15) is 14.4 Å². The Balaban J connectivity index is 0.000000142. The molecule has 1 saturated heterocycles. The summed E-state index contributed by atoms with van der Waals surface area (Å²) in [7, 11) is 0. The van der Waals surface area contributed by atoms with Gasteiger partial charge in [0.1, 0.15) is 0 Å². The lowest BCUT2D eigenvalue weighted by Crippen LogP contribution is -2.49. The molecule has 9 nitrogen and oxygen atoms in total. The highest BCUT2D eigenvalue weighted by Crippen LogP contribution is 2.35. The number of carboxylic acids is 1. The van der Waals surface area contributed by atoms with Crippen molar-refractivity contribution < 1.29 is 24.2 Å². The van der Waals surface area contributed by atoms with Crippen LogP contribution in [-0.4, -0.2) is 62.0 Å². The number of rotatable bonds is 7. The zero-order chi connectivity index (χ0) is 37.0. The quantitative estimate of drug-likeness (QED) is 0.0969. The van der Waals surface area contributed by atoms with Crippen molar-refractivity contribution in [1.82, 2.24) is 19.9 Å². The predicted molar refractivity (Wildman–Crippen MR) is 213 cm³/mol. The minimum Gasteiger partial charge on any atom is -0.478 e. The van der Waals surface area contributed by atoms with Gasteiger partial charge in [0.15, 0.2) is 0 Å². The van der Waals surface area contributed by atoms with Crippen LogP contribution in [0.3, 0.4) is 0 Å². The van der Waals surface area contributed by atoms with Gasteiger partial charge in [-0.1, -0.05) is 67.4 Å². The van der Waals surface area contributed by atoms with Gasteiger partial charge in [-0.3, -0.25) is 4.79 Å². The average Bonchev–Trinajstić information content (AvgIpc) is 3.93. The molecule has 4 heterocycles. The van der Waals surface area contributed by atoms with Crippen LogP contribution in [0.25, 0.3) is 50.9 Å². The summed E-state index contributed by atoms with van der Waals surface area (Å²) >= 11 is 0. The Morgan fingerprint density at radius 3 is 1.68 bits per heavy atom. The van der Waals surface area contributed by atoms with Gasteiger partial charge in [0.25, 0.3) is 0 Å². The number of nitrogens with one attached hydrogen (secondary N) is 3. The molecule has 9 heteroatoms. The first-order valence-electron chi connectivity index (χ1n) is 18.3. The second kappa shape index (κ2) is 17.9. The molecule has 4 N–H and O–H groups in total. The maximum Gasteiger partial charge on any atom is 0.330 e. The Labute approximate surface area is 309 Å². The number of carboxylic acid groups (broad SMARTS) is 1. The van der Waals surface area contributed by atoms with Crippen molar-refractivity contribution in [2.45, 2.75) is 51.5 Å². The summed E-state index contributed by atoms with van der Waals surface area (Å²) in [6, 6.07) is 24.4. The summed E-state index contributed by atoms with van der Waals surface area (Å²) in [5.41, 5.74) is 6.16. The van der Waals surface area contributed by atoms with Crippen LogP contribution in [0.2, 0.25) is 0 Å². The lowest BCUT2D eigenvalue weighted by Gasteiger charge is -2.43. The van der Waals surface area contributed by atoms with E-state index in [1.165, 1.54) is 43.6 Å². The lowest BCUT2D eigenvalue weighted by atomic mass is 9.78. The molecule has 2 fully saturated rings. The topological polar surface area (TPSA) is 131 Å². The molecular weight excluding hydrogens is 665 g/mol. The maximum absolute atomic E-state index is 12.7. The van der Waals surface area contributed by atoms with Crippen molar-refractivity contribution in [3.05, 3.63) is 126 Å². The van der Waals surface area contributed by atoms with Crippen molar-refractivity contribution in [2.24, 2.45) is 5.92 Å². The molecule has 272 valence electrons. The van der Waals surface area contributed by atoms with Crippen LogP contribution in [0.1, 0.15) is 62.1 Å². The second-order valence-corrected chi connectivity index (χ2v) is 13.2. The largest absolute Gasteiger partial charge is 0.478 e. The Hall–Kier alpha value is -6.09. The van der Waals surface area contributed by atoms with Crippen molar-refractivity contribution in [1.29, 1.82) is 0 Å². The molecule has 2 unspecified atom stereocenters. The molecule has 6 aromatic rings. The third-order valence-corrected chi connectivity index (χ3v) is 9.89. The number of H-pyrrole nitrogens is 3. The number of aromatic nitrogens is 3. The van der Waals surface area contributed by atoms with Crippen LogP contribution in [0.4, 0.5) is 0 Å². The van der Waals surface area contributed by atoms with Crippen LogP contribution in [0.15, 0.2) is 110 Å². The smallest absolute Gasteiger partial charge is 0.330 e. The molecule has 0 bridgehead atoms. The van der Waals surface area contributed by atoms with Crippen molar-refractivity contribution in [2.75, 3.05) is 13.2 Å². The summed E-state index contributed by atoms with van der Waals surface area (Å²) in [4.78, 5) is 45.8. The average molecular weight is 711 g/mol.